The van der Waals surface area contributed by atoms with Gasteiger partial charge in [0.15, 0.2) is 29.1 Å². The summed E-state index contributed by atoms with van der Waals surface area (Å²) in [5, 5.41) is 0. The summed E-state index contributed by atoms with van der Waals surface area (Å²) in [6.07, 6.45) is 0.723. The molecule has 0 aliphatic heterocycles. The lowest BCUT2D eigenvalue weighted by atomic mass is 10.1. The maximum atomic E-state index is 13.9. The van der Waals surface area contributed by atoms with Crippen LogP contribution in [0.1, 0.15) is 23.2 Å². The second-order valence-corrected chi connectivity index (χ2v) is 6.97. The minimum Gasteiger partial charge on any atom is -0.294 e. The Bertz CT molecular complexity index is 727. The van der Waals surface area contributed by atoms with E-state index in [-0.39, 0.29) is 0 Å². The van der Waals surface area contributed by atoms with Gasteiger partial charge in [-0.05, 0) is 12.8 Å². The molecule has 0 saturated heterocycles. The molecule has 0 atom stereocenters. The Morgan fingerprint density at radius 3 is 1.90 bits per heavy atom. The van der Waals surface area contributed by atoms with Crippen molar-refractivity contribution in [1.29, 1.82) is 0 Å². The van der Waals surface area contributed by atoms with Gasteiger partial charge in [0.25, 0.3) is 0 Å². The number of Topliss-reactive ketones (excluding diaryl/α,β-unsaturated/α-hetero) is 1. The van der Waals surface area contributed by atoms with Gasteiger partial charge in [-0.3, -0.25) is 4.79 Å². The van der Waals surface area contributed by atoms with Crippen LogP contribution in [0.3, 0.4) is 0 Å². The van der Waals surface area contributed by atoms with Gasteiger partial charge in [-0.15, -0.1) is 0 Å². The molecule has 0 spiro atoms. The topological polar surface area (TPSA) is 54.5 Å². The highest BCUT2D eigenvalue weighted by molar-refractivity contribution is 7.89. The van der Waals surface area contributed by atoms with Crippen molar-refractivity contribution in [1.82, 2.24) is 4.31 Å². The summed E-state index contributed by atoms with van der Waals surface area (Å²) in [4.78, 5) is 10.5. The average Bonchev–Trinajstić information content (AvgIpc) is 3.23. The highest BCUT2D eigenvalue weighted by atomic mass is 32.2. The van der Waals surface area contributed by atoms with Crippen molar-refractivity contribution in [2.75, 3.05) is 14.1 Å². The van der Waals surface area contributed by atoms with E-state index in [4.69, 9.17) is 0 Å². The van der Waals surface area contributed by atoms with E-state index >= 15 is 0 Å². The van der Waals surface area contributed by atoms with E-state index in [9.17, 15) is 30.8 Å². The lowest BCUT2D eigenvalue weighted by Gasteiger charge is -2.16. The fourth-order valence-electron chi connectivity index (χ4n) is 1.81. The summed E-state index contributed by atoms with van der Waals surface area (Å²) >= 11 is 0. The number of hydrogen-bond acceptors (Lipinski definition) is 3. The Balaban J connectivity index is 2.87. The van der Waals surface area contributed by atoms with Crippen molar-refractivity contribution in [2.45, 2.75) is 17.7 Å². The van der Waals surface area contributed by atoms with Gasteiger partial charge < -0.3 is 0 Å². The normalized spacial score (nSPS) is 15.6. The maximum absolute atomic E-state index is 13.9. The van der Waals surface area contributed by atoms with Gasteiger partial charge in [-0.1, -0.05) is 0 Å². The molecule has 0 heterocycles. The van der Waals surface area contributed by atoms with Crippen LogP contribution in [0.4, 0.5) is 17.6 Å². The van der Waals surface area contributed by atoms with Crippen molar-refractivity contribution in [2.24, 2.45) is 5.92 Å². The Kier molecular flexibility index (Phi) is 3.83. The first kappa shape index (κ1) is 15.9. The van der Waals surface area contributed by atoms with Crippen LogP contribution in [-0.2, 0) is 10.0 Å². The summed E-state index contributed by atoms with van der Waals surface area (Å²) in [6, 6.07) is 0. The molecule has 1 aromatic rings. The van der Waals surface area contributed by atoms with Gasteiger partial charge in [-0.25, -0.2) is 30.3 Å². The molecule has 1 fully saturated rings. The number of sulfonamides is 1. The number of nitrogens with zero attached hydrogens (tertiary/aromatic N) is 1. The zero-order chi connectivity index (χ0) is 16.1. The molecule has 0 amide bonds. The van der Waals surface area contributed by atoms with Crippen LogP contribution in [0.15, 0.2) is 4.90 Å². The molecule has 9 heteroatoms. The van der Waals surface area contributed by atoms with Crippen molar-refractivity contribution in [3.8, 4) is 0 Å². The fraction of sp³-hybridized carbons (Fsp3) is 0.417. The Labute approximate surface area is 118 Å². The fourth-order valence-corrected chi connectivity index (χ4v) is 2.94. The van der Waals surface area contributed by atoms with E-state index in [0.29, 0.717) is 17.1 Å². The van der Waals surface area contributed by atoms with Crippen molar-refractivity contribution in [3.05, 3.63) is 28.8 Å². The summed E-state index contributed by atoms with van der Waals surface area (Å²) in [7, 11) is -2.66. The number of benzene rings is 1. The number of carbonyl (C=O) groups is 1. The van der Waals surface area contributed by atoms with Gasteiger partial charge in [0.05, 0.1) is 5.56 Å². The van der Waals surface area contributed by atoms with E-state index in [1.807, 2.05) is 0 Å². The minimum absolute atomic E-state index is 0.361. The van der Waals surface area contributed by atoms with E-state index in [2.05, 4.69) is 0 Å². The summed E-state index contributed by atoms with van der Waals surface area (Å²) in [6.45, 7) is 0. The monoisotopic (exact) mass is 325 g/mol. The van der Waals surface area contributed by atoms with Gasteiger partial charge in [0.1, 0.15) is 4.90 Å². The number of ketones is 1. The molecule has 0 aromatic heterocycles. The first-order chi connectivity index (χ1) is 9.60. The van der Waals surface area contributed by atoms with Crippen LogP contribution >= 0.6 is 0 Å². The molecule has 116 valence electrons. The molecular weight excluding hydrogens is 314 g/mol. The van der Waals surface area contributed by atoms with Crippen LogP contribution in [0.25, 0.3) is 0 Å². The minimum atomic E-state index is -4.66. The standard InChI is InChI=1S/C12H11F4NO3S/c1-17(2)21(19,20)12-6(11(18)5-3-4-5)7(13)8(14)9(15)10(12)16/h5H,3-4H2,1-2H3. The summed E-state index contributed by atoms with van der Waals surface area (Å²) in [5.74, 6) is -10.3. The first-order valence-corrected chi connectivity index (χ1v) is 7.37. The van der Waals surface area contributed by atoms with E-state index in [1.54, 1.807) is 0 Å². The lowest BCUT2D eigenvalue weighted by molar-refractivity contribution is 0.0957. The van der Waals surface area contributed by atoms with Crippen LogP contribution in [0.2, 0.25) is 0 Å². The number of hydrogen-bond donors (Lipinski definition) is 0. The average molecular weight is 325 g/mol. The van der Waals surface area contributed by atoms with E-state index in [0.717, 1.165) is 14.1 Å². The number of halogens is 4. The van der Waals surface area contributed by atoms with Crippen molar-refractivity contribution < 1.29 is 30.8 Å². The molecule has 1 aliphatic rings. The maximum Gasteiger partial charge on any atom is 0.246 e. The zero-order valence-corrected chi connectivity index (χ0v) is 11.9. The Morgan fingerprint density at radius 2 is 1.48 bits per heavy atom. The molecule has 21 heavy (non-hydrogen) atoms. The second kappa shape index (κ2) is 5.06. The molecule has 2 rings (SSSR count). The van der Waals surface area contributed by atoms with Crippen LogP contribution in [-0.4, -0.2) is 32.6 Å². The smallest absolute Gasteiger partial charge is 0.246 e. The van der Waals surface area contributed by atoms with Gasteiger partial charge in [0.2, 0.25) is 10.0 Å². The third kappa shape index (κ3) is 2.44. The van der Waals surface area contributed by atoms with Crippen LogP contribution < -0.4 is 0 Å². The highest BCUT2D eigenvalue weighted by Gasteiger charge is 2.41. The zero-order valence-electron chi connectivity index (χ0n) is 11.1. The lowest BCUT2D eigenvalue weighted by Crippen LogP contribution is -2.28. The predicted molar refractivity (Wildman–Crippen MR) is 64.2 cm³/mol. The molecule has 0 N–H and O–H groups in total. The molecule has 0 unspecified atom stereocenters. The van der Waals surface area contributed by atoms with Crippen LogP contribution in [0, 0.1) is 29.2 Å². The predicted octanol–water partition coefficient (Wildman–Crippen LogP) is 2.09. The molecule has 1 saturated carbocycles. The molecule has 0 radical (unpaired) electrons. The third-order valence-corrected chi connectivity index (χ3v) is 5.02. The third-order valence-electron chi connectivity index (χ3n) is 3.16. The first-order valence-electron chi connectivity index (χ1n) is 5.93. The Morgan fingerprint density at radius 1 is 1.00 bits per heavy atom. The van der Waals surface area contributed by atoms with Crippen molar-refractivity contribution in [3.63, 3.8) is 0 Å². The SMILES string of the molecule is CN(C)S(=O)(=O)c1c(F)c(F)c(F)c(F)c1C(=O)C1CC1. The quantitative estimate of drug-likeness (QED) is 0.369. The molecule has 1 aromatic carbocycles. The molecule has 1 aliphatic carbocycles. The number of rotatable bonds is 4. The summed E-state index contributed by atoms with van der Waals surface area (Å²) in [5.41, 5.74) is -1.25. The largest absolute Gasteiger partial charge is 0.294 e. The molecule has 0 bridgehead atoms. The number of carbonyl (C=O) groups excluding carboxylic acids is 1. The van der Waals surface area contributed by atoms with Gasteiger partial charge in [-0.2, -0.15) is 0 Å². The van der Waals surface area contributed by atoms with E-state index in [1.165, 1.54) is 0 Å². The highest BCUT2D eigenvalue weighted by Crippen LogP contribution is 2.37. The van der Waals surface area contributed by atoms with Crippen LogP contribution in [0.5, 0.6) is 0 Å². The van der Waals surface area contributed by atoms with E-state index < -0.39 is 55.5 Å². The second-order valence-electron chi connectivity index (χ2n) is 4.89. The summed E-state index contributed by atoms with van der Waals surface area (Å²) < 4.78 is 78.9. The molecule has 4 nitrogen and oxygen atoms in total. The van der Waals surface area contributed by atoms with Gasteiger partial charge in [0, 0.05) is 20.0 Å². The van der Waals surface area contributed by atoms with Gasteiger partial charge >= 0.3 is 0 Å². The Hall–Kier alpha value is -1.48. The van der Waals surface area contributed by atoms with Crippen molar-refractivity contribution >= 4 is 15.8 Å². The molecular formula is C12H11F4NO3S.